The Bertz CT molecular complexity index is 370. The van der Waals surface area contributed by atoms with Crippen LogP contribution in [0.5, 0.6) is 5.75 Å². The second kappa shape index (κ2) is 5.47. The molecule has 0 bridgehead atoms. The van der Waals surface area contributed by atoms with E-state index in [0.29, 0.717) is 5.56 Å². The Morgan fingerprint density at radius 1 is 1.67 bits per heavy atom. The normalized spacial score (nSPS) is 12.3. The number of benzene rings is 1. The molecule has 5 heteroatoms. The fraction of sp³-hybridized carbons (Fsp3) is 0.300. The second-order valence-corrected chi connectivity index (χ2v) is 4.26. The van der Waals surface area contributed by atoms with Gasteiger partial charge in [0.25, 0.3) is 0 Å². The Hall–Kier alpha value is -0.610. The van der Waals surface area contributed by atoms with Crippen molar-refractivity contribution in [3.8, 4) is 5.75 Å². The zero-order valence-corrected chi connectivity index (χ0v) is 10.3. The molecule has 0 radical (unpaired) electrons. The van der Waals surface area contributed by atoms with Gasteiger partial charge in [-0.1, -0.05) is 22.0 Å². The van der Waals surface area contributed by atoms with Crippen LogP contribution in [0.3, 0.4) is 0 Å². The number of alkyl halides is 2. The summed E-state index contributed by atoms with van der Waals surface area (Å²) in [5, 5.41) is -0.806. The van der Waals surface area contributed by atoms with Crippen LogP contribution in [0.4, 0.5) is 4.39 Å². The fourth-order valence-electron chi connectivity index (χ4n) is 1.12. The van der Waals surface area contributed by atoms with E-state index in [1.807, 2.05) is 0 Å². The predicted molar refractivity (Wildman–Crippen MR) is 60.0 cm³/mol. The van der Waals surface area contributed by atoms with Crippen LogP contribution in [0.1, 0.15) is 17.9 Å². The number of ketones is 1. The van der Waals surface area contributed by atoms with E-state index in [1.54, 1.807) is 18.2 Å². The van der Waals surface area contributed by atoms with Crippen molar-refractivity contribution in [1.82, 2.24) is 0 Å². The fourth-order valence-corrected chi connectivity index (χ4v) is 1.64. The Labute approximate surface area is 101 Å². The van der Waals surface area contributed by atoms with Crippen LogP contribution in [0.15, 0.2) is 22.7 Å². The minimum atomic E-state index is -0.953. The van der Waals surface area contributed by atoms with Crippen molar-refractivity contribution in [2.75, 3.05) is 6.86 Å². The third kappa shape index (κ3) is 3.18. The molecule has 0 saturated heterocycles. The Morgan fingerprint density at radius 2 is 2.33 bits per heavy atom. The maximum absolute atomic E-state index is 12.1. The number of hydrogen-bond donors (Lipinski definition) is 0. The molecule has 1 aromatic rings. The largest absolute Gasteiger partial charge is 0.463 e. The van der Waals surface area contributed by atoms with Crippen LogP contribution >= 0.6 is 27.5 Å². The zero-order chi connectivity index (χ0) is 11.4. The van der Waals surface area contributed by atoms with Crippen molar-refractivity contribution in [3.63, 3.8) is 0 Å². The number of carbonyl (C=O) groups is 1. The average Bonchev–Trinajstić information content (AvgIpc) is 2.17. The lowest BCUT2D eigenvalue weighted by Gasteiger charge is -2.12. The number of rotatable bonds is 4. The molecule has 0 aliphatic heterocycles. The first-order valence-corrected chi connectivity index (χ1v) is 5.42. The van der Waals surface area contributed by atoms with Gasteiger partial charge < -0.3 is 4.74 Å². The minimum absolute atomic E-state index is 0.206. The van der Waals surface area contributed by atoms with Gasteiger partial charge in [-0.3, -0.25) is 4.79 Å². The van der Waals surface area contributed by atoms with Crippen molar-refractivity contribution >= 4 is 33.3 Å². The molecule has 0 aromatic heterocycles. The molecule has 0 spiro atoms. The van der Waals surface area contributed by atoms with Gasteiger partial charge in [-0.15, -0.1) is 11.6 Å². The Balaban J connectivity index is 3.10. The zero-order valence-electron chi connectivity index (χ0n) is 7.97. The van der Waals surface area contributed by atoms with E-state index < -0.39 is 12.2 Å². The van der Waals surface area contributed by atoms with Crippen LogP contribution < -0.4 is 4.74 Å². The van der Waals surface area contributed by atoms with E-state index in [2.05, 4.69) is 15.9 Å². The molecule has 0 saturated carbocycles. The van der Waals surface area contributed by atoms with Gasteiger partial charge in [0.1, 0.15) is 11.1 Å². The van der Waals surface area contributed by atoms with Crippen molar-refractivity contribution < 1.29 is 13.9 Å². The van der Waals surface area contributed by atoms with E-state index in [0.717, 1.165) is 4.47 Å². The summed E-state index contributed by atoms with van der Waals surface area (Å²) in [5.74, 6) is 0.0739. The lowest BCUT2D eigenvalue weighted by Crippen LogP contribution is -2.04. The van der Waals surface area contributed by atoms with Gasteiger partial charge in [-0.05, 0) is 19.1 Å². The van der Waals surface area contributed by atoms with Gasteiger partial charge in [-0.2, -0.15) is 0 Å². The van der Waals surface area contributed by atoms with Gasteiger partial charge in [0.05, 0.1) is 0 Å². The summed E-state index contributed by atoms with van der Waals surface area (Å²) in [4.78, 5) is 11.1. The van der Waals surface area contributed by atoms with E-state index in [1.165, 1.54) is 6.92 Å². The van der Waals surface area contributed by atoms with Gasteiger partial charge in [0, 0.05) is 10.0 Å². The molecule has 82 valence electrons. The van der Waals surface area contributed by atoms with Gasteiger partial charge >= 0.3 is 0 Å². The second-order valence-electron chi connectivity index (χ2n) is 2.91. The molecule has 15 heavy (non-hydrogen) atoms. The molecular formula is C10H9BrClFO2. The van der Waals surface area contributed by atoms with Gasteiger partial charge in [0.2, 0.25) is 6.86 Å². The monoisotopic (exact) mass is 294 g/mol. The van der Waals surface area contributed by atoms with Crippen LogP contribution in [-0.4, -0.2) is 12.6 Å². The van der Waals surface area contributed by atoms with Crippen molar-refractivity contribution in [2.45, 2.75) is 12.3 Å². The molecule has 0 N–H and O–H groups in total. The summed E-state index contributed by atoms with van der Waals surface area (Å²) < 4.78 is 17.6. The topological polar surface area (TPSA) is 26.3 Å². The number of ether oxygens (including phenoxy) is 1. The molecule has 0 amide bonds. The summed E-state index contributed by atoms with van der Waals surface area (Å²) in [6.45, 7) is 0.421. The molecule has 0 fully saturated rings. The molecule has 1 rings (SSSR count). The average molecular weight is 296 g/mol. The maximum atomic E-state index is 12.1. The van der Waals surface area contributed by atoms with Crippen LogP contribution in [0.2, 0.25) is 0 Å². The van der Waals surface area contributed by atoms with Gasteiger partial charge in [0.15, 0.2) is 5.78 Å². The lowest BCUT2D eigenvalue weighted by atomic mass is 10.1. The molecule has 1 atom stereocenters. The first kappa shape index (κ1) is 12.5. The van der Waals surface area contributed by atoms with Crippen LogP contribution in [0, 0.1) is 0 Å². The highest BCUT2D eigenvalue weighted by molar-refractivity contribution is 9.10. The number of hydrogen-bond acceptors (Lipinski definition) is 2. The third-order valence-corrected chi connectivity index (χ3v) is 2.85. The maximum Gasteiger partial charge on any atom is 0.228 e. The molecule has 1 unspecified atom stereocenters. The SMILES string of the molecule is CC(=O)C(Cl)c1ccc(Br)cc1OCF. The molecule has 0 aliphatic rings. The number of Topliss-reactive ketones (excluding diaryl/α,β-unsaturated/α-hetero) is 1. The molecule has 0 heterocycles. The third-order valence-electron chi connectivity index (χ3n) is 1.82. The highest BCUT2D eigenvalue weighted by Crippen LogP contribution is 2.32. The molecular weight excluding hydrogens is 286 g/mol. The first-order valence-electron chi connectivity index (χ1n) is 4.19. The quantitative estimate of drug-likeness (QED) is 0.793. The smallest absolute Gasteiger partial charge is 0.228 e. The highest BCUT2D eigenvalue weighted by atomic mass is 79.9. The summed E-state index contributed by atoms with van der Waals surface area (Å²) >= 11 is 9.09. The summed E-state index contributed by atoms with van der Waals surface area (Å²) in [7, 11) is 0. The van der Waals surface area contributed by atoms with Crippen molar-refractivity contribution in [1.29, 1.82) is 0 Å². The van der Waals surface area contributed by atoms with Crippen LogP contribution in [-0.2, 0) is 4.79 Å². The first-order chi connectivity index (χ1) is 7.06. The Kier molecular flexibility index (Phi) is 4.54. The summed E-state index contributed by atoms with van der Waals surface area (Å²) in [6.07, 6.45) is 0. The van der Waals surface area contributed by atoms with Crippen LogP contribution in [0.25, 0.3) is 0 Å². The lowest BCUT2D eigenvalue weighted by molar-refractivity contribution is -0.116. The highest BCUT2D eigenvalue weighted by Gasteiger charge is 2.18. The van der Waals surface area contributed by atoms with E-state index in [9.17, 15) is 9.18 Å². The number of halogens is 3. The van der Waals surface area contributed by atoms with Crippen molar-refractivity contribution in [3.05, 3.63) is 28.2 Å². The van der Waals surface area contributed by atoms with Crippen molar-refractivity contribution in [2.24, 2.45) is 0 Å². The number of carbonyl (C=O) groups excluding carboxylic acids is 1. The predicted octanol–water partition coefficient (Wildman–Crippen LogP) is 3.62. The summed E-state index contributed by atoms with van der Waals surface area (Å²) in [5.41, 5.74) is 0.477. The van der Waals surface area contributed by atoms with E-state index in [-0.39, 0.29) is 11.5 Å². The van der Waals surface area contributed by atoms with Gasteiger partial charge in [-0.25, -0.2) is 4.39 Å². The minimum Gasteiger partial charge on any atom is -0.463 e. The van der Waals surface area contributed by atoms with E-state index >= 15 is 0 Å². The summed E-state index contributed by atoms with van der Waals surface area (Å²) in [6, 6.07) is 4.93. The van der Waals surface area contributed by atoms with E-state index in [4.69, 9.17) is 16.3 Å². The molecule has 0 aliphatic carbocycles. The standard InChI is InChI=1S/C10H9BrClFO2/c1-6(14)10(12)8-3-2-7(11)4-9(8)15-5-13/h2-4,10H,5H2,1H3. The molecule has 1 aromatic carbocycles. The molecule has 2 nitrogen and oxygen atoms in total. The Morgan fingerprint density at radius 3 is 2.87 bits per heavy atom.